The number of Topliss-reactive ketones (excluding diaryl/α,β-unsaturated/α-hetero) is 1. The van der Waals surface area contributed by atoms with E-state index in [1.54, 1.807) is 84.9 Å². The molecule has 3 aliphatic carbocycles. The first kappa shape index (κ1) is 45.4. The largest absolute Gasteiger partial charge is 0.461 e. The van der Waals surface area contributed by atoms with Gasteiger partial charge in [-0.3, -0.25) is 19.2 Å². The summed E-state index contributed by atoms with van der Waals surface area (Å²) in [5.41, 5.74) is -6.37. The number of carbonyl (C=O) groups is 6. The normalized spacial score (nSPS) is 33.2. The second kappa shape index (κ2) is 16.7. The maximum Gasteiger partial charge on any atom is 0.338 e. The predicted octanol–water partition coefficient (Wildman–Crippen LogP) is 3.43. The van der Waals surface area contributed by atoms with Gasteiger partial charge in [0.2, 0.25) is 5.91 Å². The number of rotatable bonds is 11. The highest BCUT2D eigenvalue weighted by Gasteiger charge is 2.78. The van der Waals surface area contributed by atoms with Gasteiger partial charge in [-0.25, -0.2) is 9.59 Å². The first-order chi connectivity index (χ1) is 27.5. The van der Waals surface area contributed by atoms with Gasteiger partial charge in [0.25, 0.3) is 0 Å². The summed E-state index contributed by atoms with van der Waals surface area (Å²) in [4.78, 5) is 82.2. The lowest BCUT2D eigenvalue weighted by atomic mass is 9.44. The van der Waals surface area contributed by atoms with Crippen LogP contribution >= 0.6 is 0 Å². The van der Waals surface area contributed by atoms with E-state index in [0.717, 1.165) is 6.92 Å². The van der Waals surface area contributed by atoms with Crippen molar-refractivity contribution in [1.82, 2.24) is 5.32 Å². The molecule has 4 aliphatic rings. The molecule has 1 aliphatic heterocycles. The number of benzene rings is 1. The summed E-state index contributed by atoms with van der Waals surface area (Å²) >= 11 is 0. The van der Waals surface area contributed by atoms with Gasteiger partial charge >= 0.3 is 23.9 Å². The number of esters is 4. The van der Waals surface area contributed by atoms with E-state index in [-0.39, 0.29) is 30.6 Å². The highest BCUT2D eigenvalue weighted by atomic mass is 16.6. The third-order valence-electron chi connectivity index (χ3n) is 12.9. The summed E-state index contributed by atoms with van der Waals surface area (Å²) in [5, 5.41) is 40.1. The van der Waals surface area contributed by atoms with E-state index in [4.69, 9.17) is 23.7 Å². The number of allylic oxidation sites excluding steroid dienone is 2. The minimum absolute atomic E-state index is 0.0582. The third kappa shape index (κ3) is 7.78. The van der Waals surface area contributed by atoms with E-state index >= 15 is 4.79 Å². The SMILES string of the molecule is C/C=C(\C)C(=O)N[C@@H](c1ccccc1)[C@@H](O)C(=O)O[C@H]1C[C@@]2(O)[C@@H](OC(=O)C=C(C)C)C3[C@](C)(C(=O)[C@H](O)C(=C1C)C2(C)C)[C@@H](OC(=O)CC)C[C@H]1OC[C@@]31OC(C)=O. The zero-order valence-electron chi connectivity index (χ0n) is 35.3. The first-order valence-corrected chi connectivity index (χ1v) is 19.9. The minimum atomic E-state index is -2.35. The van der Waals surface area contributed by atoms with Gasteiger partial charge in [0.05, 0.1) is 24.0 Å². The molecule has 322 valence electrons. The predicted molar refractivity (Wildman–Crippen MR) is 210 cm³/mol. The van der Waals surface area contributed by atoms with Crippen LogP contribution < -0.4 is 5.32 Å². The van der Waals surface area contributed by atoms with Crippen LogP contribution in [-0.4, -0.2) is 105 Å². The molecule has 1 unspecified atom stereocenters. The van der Waals surface area contributed by atoms with Crippen molar-refractivity contribution in [3.05, 3.63) is 70.3 Å². The second-order valence-corrected chi connectivity index (χ2v) is 17.1. The molecule has 5 rings (SSSR count). The Morgan fingerprint density at radius 3 is 2.20 bits per heavy atom. The standard InChI is InChI=1S/C44H57NO14/c1-11-23(5)39(52)45-33(26-16-14-13-15-17-26)35(50)40(53)56-27-20-44(54)38(58-31(48)18-22(3)4)36-42(10,37(51)34(49)32(24(27)6)41(44,8)9)28(57-30(47)12-2)19-29-43(36,21-55-29)59-25(7)46/h11,13-18,27-29,33-36,38,49-50,54H,12,19-21H2,1-10H3,(H,45,52)/b23-11+/t27-,28-,29+,33-,34+,35+,36?,38-,42+,43-,44+/m0/s1. The van der Waals surface area contributed by atoms with E-state index < -0.39 is 113 Å². The van der Waals surface area contributed by atoms with E-state index in [9.17, 15) is 39.3 Å². The summed E-state index contributed by atoms with van der Waals surface area (Å²) < 4.78 is 30.2. The Balaban J connectivity index is 1.72. The maximum atomic E-state index is 15.3. The van der Waals surface area contributed by atoms with Crippen molar-refractivity contribution in [1.29, 1.82) is 0 Å². The van der Waals surface area contributed by atoms with Crippen molar-refractivity contribution >= 4 is 35.6 Å². The number of nitrogens with one attached hydrogen (secondary N) is 1. The van der Waals surface area contributed by atoms with Crippen LogP contribution in [0, 0.1) is 16.7 Å². The average Bonchev–Trinajstić information content (AvgIpc) is 3.16. The average molecular weight is 824 g/mol. The lowest BCUT2D eigenvalue weighted by molar-refractivity contribution is -0.347. The Bertz CT molecular complexity index is 1960. The number of carbonyl (C=O) groups excluding carboxylic acids is 6. The molecule has 15 heteroatoms. The molecule has 1 saturated heterocycles. The van der Waals surface area contributed by atoms with E-state index in [0.29, 0.717) is 16.7 Å². The van der Waals surface area contributed by atoms with Crippen LogP contribution in [0.5, 0.6) is 0 Å². The van der Waals surface area contributed by atoms with Crippen LogP contribution in [0.3, 0.4) is 0 Å². The molecule has 1 heterocycles. The van der Waals surface area contributed by atoms with Crippen molar-refractivity contribution in [3.63, 3.8) is 0 Å². The van der Waals surface area contributed by atoms with Gasteiger partial charge in [-0.05, 0) is 58.3 Å². The summed E-state index contributed by atoms with van der Waals surface area (Å²) in [7, 11) is 0. The van der Waals surface area contributed by atoms with Crippen LogP contribution in [0.1, 0.15) is 100 Å². The smallest absolute Gasteiger partial charge is 0.338 e. The van der Waals surface area contributed by atoms with Crippen molar-refractivity contribution in [2.24, 2.45) is 16.7 Å². The topological polar surface area (TPSA) is 221 Å². The van der Waals surface area contributed by atoms with Gasteiger partial charge in [0.1, 0.15) is 36.1 Å². The van der Waals surface area contributed by atoms with E-state index in [1.165, 1.54) is 19.9 Å². The fourth-order valence-corrected chi connectivity index (χ4v) is 9.54. The van der Waals surface area contributed by atoms with Crippen molar-refractivity contribution in [2.75, 3.05) is 6.61 Å². The number of aliphatic hydroxyl groups is 3. The van der Waals surface area contributed by atoms with Crippen LogP contribution in [0.15, 0.2) is 64.8 Å². The van der Waals surface area contributed by atoms with Gasteiger partial charge in [0.15, 0.2) is 17.5 Å². The van der Waals surface area contributed by atoms with Gasteiger partial charge in [-0.15, -0.1) is 0 Å². The summed E-state index contributed by atoms with van der Waals surface area (Å²) in [5.74, 6) is -6.54. The molecule has 0 spiro atoms. The third-order valence-corrected chi connectivity index (χ3v) is 12.9. The molecule has 2 saturated carbocycles. The fraction of sp³-hybridized carbons (Fsp3) is 0.591. The molecule has 2 bridgehead atoms. The molecule has 0 aromatic heterocycles. The summed E-state index contributed by atoms with van der Waals surface area (Å²) in [6.45, 7) is 15.0. The van der Waals surface area contributed by atoms with Crippen LogP contribution in [0.25, 0.3) is 0 Å². The zero-order valence-corrected chi connectivity index (χ0v) is 35.3. The maximum absolute atomic E-state index is 15.3. The monoisotopic (exact) mass is 823 g/mol. The van der Waals surface area contributed by atoms with Gasteiger partial charge in [-0.2, -0.15) is 0 Å². The van der Waals surface area contributed by atoms with Gasteiger partial charge < -0.3 is 44.3 Å². The van der Waals surface area contributed by atoms with Crippen LogP contribution in [0.4, 0.5) is 0 Å². The Hall–Kier alpha value is -4.70. The number of fused-ring (bicyclic) bond motifs is 5. The fourth-order valence-electron chi connectivity index (χ4n) is 9.54. The van der Waals surface area contributed by atoms with Crippen LogP contribution in [0.2, 0.25) is 0 Å². The molecule has 15 nitrogen and oxygen atoms in total. The molecule has 0 radical (unpaired) electrons. The Kier molecular flexibility index (Phi) is 12.9. The quantitative estimate of drug-likeness (QED) is 0.109. The number of ketones is 1. The van der Waals surface area contributed by atoms with Crippen molar-refractivity contribution < 1.29 is 67.8 Å². The molecule has 1 amide bonds. The lowest BCUT2D eigenvalue weighted by Gasteiger charge is -2.67. The molecule has 59 heavy (non-hydrogen) atoms. The van der Waals surface area contributed by atoms with Gasteiger partial charge in [0, 0.05) is 43.3 Å². The number of hydrogen-bond acceptors (Lipinski definition) is 14. The summed E-state index contributed by atoms with van der Waals surface area (Å²) in [6, 6.07) is 6.98. The highest BCUT2D eigenvalue weighted by molar-refractivity contribution is 5.95. The minimum Gasteiger partial charge on any atom is -0.461 e. The number of aliphatic hydroxyl groups excluding tert-OH is 2. The van der Waals surface area contributed by atoms with Crippen LogP contribution in [-0.2, 0) is 52.5 Å². The van der Waals surface area contributed by atoms with Crippen molar-refractivity contribution in [3.8, 4) is 0 Å². The van der Waals surface area contributed by atoms with Gasteiger partial charge in [-0.1, -0.05) is 62.8 Å². The molecule has 1 aromatic rings. The Labute approximate surface area is 344 Å². The lowest BCUT2D eigenvalue weighted by Crippen LogP contribution is -2.82. The second-order valence-electron chi connectivity index (χ2n) is 17.1. The van der Waals surface area contributed by atoms with E-state index in [2.05, 4.69) is 5.32 Å². The Morgan fingerprint density at radius 1 is 1.02 bits per heavy atom. The molecule has 1 aromatic carbocycles. The molecule has 3 fully saturated rings. The first-order valence-electron chi connectivity index (χ1n) is 19.9. The van der Waals surface area contributed by atoms with E-state index in [1.807, 2.05) is 0 Å². The summed E-state index contributed by atoms with van der Waals surface area (Å²) in [6.07, 6.45) is -7.56. The molecule has 11 atom stereocenters. The number of amides is 1. The number of hydrogen-bond donors (Lipinski definition) is 4. The Morgan fingerprint density at radius 2 is 1.66 bits per heavy atom. The molecule has 4 N–H and O–H groups in total. The van der Waals surface area contributed by atoms with Crippen molar-refractivity contribution in [2.45, 2.75) is 142 Å². The number of ether oxygens (including phenoxy) is 5. The zero-order chi connectivity index (χ0) is 44.0. The molecular weight excluding hydrogens is 766 g/mol. The highest BCUT2D eigenvalue weighted by Crippen LogP contribution is 2.64. The molecular formula is C44H57NO14.